The zero-order valence-corrected chi connectivity index (χ0v) is 19.4. The van der Waals surface area contributed by atoms with Crippen LogP contribution in [0.1, 0.15) is 33.0 Å². The molecule has 0 spiro atoms. The van der Waals surface area contributed by atoms with Crippen LogP contribution in [0.4, 0.5) is 28.8 Å². The number of carbonyl (C=O) groups is 1. The molecule has 0 aliphatic rings. The number of benzene rings is 2. The summed E-state index contributed by atoms with van der Waals surface area (Å²) in [4.78, 5) is 21.7. The second kappa shape index (κ2) is 9.12. The van der Waals surface area contributed by atoms with Gasteiger partial charge in [0.25, 0.3) is 5.91 Å². The Labute approximate surface area is 193 Å². The molecule has 2 aromatic carbocycles. The van der Waals surface area contributed by atoms with E-state index in [0.29, 0.717) is 28.7 Å². The average Bonchev–Trinajstić information content (AvgIpc) is 3.02. The van der Waals surface area contributed by atoms with E-state index in [0.717, 1.165) is 22.8 Å². The molecule has 0 aliphatic carbocycles. The molecule has 8 heteroatoms. The predicted molar refractivity (Wildman–Crippen MR) is 132 cm³/mol. The van der Waals surface area contributed by atoms with Gasteiger partial charge in [0.1, 0.15) is 5.82 Å². The molecule has 33 heavy (non-hydrogen) atoms. The third-order valence-corrected chi connectivity index (χ3v) is 5.31. The first-order chi connectivity index (χ1) is 15.8. The van der Waals surface area contributed by atoms with Gasteiger partial charge in [-0.2, -0.15) is 10.1 Å². The fourth-order valence-corrected chi connectivity index (χ4v) is 3.54. The van der Waals surface area contributed by atoms with Gasteiger partial charge in [0.2, 0.25) is 5.95 Å². The number of hydrogen-bond acceptors (Lipinski definition) is 6. The third kappa shape index (κ3) is 5.17. The zero-order chi connectivity index (χ0) is 23.5. The first kappa shape index (κ1) is 22.0. The molecule has 1 amide bonds. The summed E-state index contributed by atoms with van der Waals surface area (Å²) < 4.78 is 1.71. The van der Waals surface area contributed by atoms with Gasteiger partial charge in [-0.25, -0.2) is 4.98 Å². The van der Waals surface area contributed by atoms with Gasteiger partial charge < -0.3 is 16.0 Å². The van der Waals surface area contributed by atoms with E-state index in [-0.39, 0.29) is 5.91 Å². The highest BCUT2D eigenvalue weighted by atomic mass is 16.1. The number of aromatic nitrogens is 4. The van der Waals surface area contributed by atoms with Crippen LogP contribution in [0.25, 0.3) is 0 Å². The van der Waals surface area contributed by atoms with E-state index in [1.54, 1.807) is 4.68 Å². The maximum Gasteiger partial charge on any atom is 0.259 e. The van der Waals surface area contributed by atoms with Crippen LogP contribution in [0.5, 0.6) is 0 Å². The van der Waals surface area contributed by atoms with E-state index in [1.165, 1.54) is 5.56 Å². The Hall–Kier alpha value is -4.20. The largest absolute Gasteiger partial charge is 0.340 e. The molecule has 0 fully saturated rings. The molecule has 0 saturated carbocycles. The number of hydrogen-bond donors (Lipinski definition) is 3. The van der Waals surface area contributed by atoms with Crippen molar-refractivity contribution in [2.75, 3.05) is 16.0 Å². The Balaban J connectivity index is 1.45. The molecule has 2 aromatic heterocycles. The zero-order valence-electron chi connectivity index (χ0n) is 19.4. The molecule has 0 unspecified atom stereocenters. The molecule has 168 valence electrons. The van der Waals surface area contributed by atoms with Crippen LogP contribution < -0.4 is 16.0 Å². The number of aryl methyl sites for hydroxylation is 4. The van der Waals surface area contributed by atoms with E-state index < -0.39 is 0 Å². The van der Waals surface area contributed by atoms with Gasteiger partial charge in [-0.3, -0.25) is 9.48 Å². The van der Waals surface area contributed by atoms with E-state index in [9.17, 15) is 4.79 Å². The first-order valence-corrected chi connectivity index (χ1v) is 10.7. The summed E-state index contributed by atoms with van der Waals surface area (Å²) in [5.41, 5.74) is 6.65. The fourth-order valence-electron chi connectivity index (χ4n) is 3.54. The highest BCUT2D eigenvalue weighted by Gasteiger charge is 2.17. The maximum absolute atomic E-state index is 12.7. The molecule has 0 radical (unpaired) electrons. The van der Waals surface area contributed by atoms with Crippen molar-refractivity contribution in [2.24, 2.45) is 7.05 Å². The van der Waals surface area contributed by atoms with Crippen LogP contribution in [0, 0.1) is 27.7 Å². The van der Waals surface area contributed by atoms with Crippen molar-refractivity contribution in [3.05, 3.63) is 82.8 Å². The lowest BCUT2D eigenvalue weighted by molar-refractivity contribution is 0.102. The standard InChI is InChI=1S/C25H27N7O/c1-15-6-8-19(9-7-15)27-22-14-16(2)26-25(30-22)29-21-12-10-20(11-13-21)28-24(33)23-17(3)31-32(5)18(23)4/h6-14H,1-5H3,(H,28,33)(H2,26,27,29,30). The van der Waals surface area contributed by atoms with Crippen LogP contribution in [-0.4, -0.2) is 25.7 Å². The minimum absolute atomic E-state index is 0.173. The van der Waals surface area contributed by atoms with Crippen LogP contribution in [0.3, 0.4) is 0 Å². The summed E-state index contributed by atoms with van der Waals surface area (Å²) >= 11 is 0. The number of nitrogens with one attached hydrogen (secondary N) is 3. The lowest BCUT2D eigenvalue weighted by Gasteiger charge is -2.11. The molecule has 2 heterocycles. The molecular formula is C25H27N7O. The summed E-state index contributed by atoms with van der Waals surface area (Å²) in [6.07, 6.45) is 0. The van der Waals surface area contributed by atoms with Crippen molar-refractivity contribution in [3.8, 4) is 0 Å². The lowest BCUT2D eigenvalue weighted by atomic mass is 10.2. The Morgan fingerprint density at radius 2 is 1.42 bits per heavy atom. The topological polar surface area (TPSA) is 96.8 Å². The molecule has 0 saturated heterocycles. The van der Waals surface area contributed by atoms with E-state index >= 15 is 0 Å². The van der Waals surface area contributed by atoms with Gasteiger partial charge in [-0.1, -0.05) is 17.7 Å². The quantitative estimate of drug-likeness (QED) is 0.381. The van der Waals surface area contributed by atoms with E-state index in [2.05, 4.69) is 37.9 Å². The SMILES string of the molecule is Cc1ccc(Nc2cc(C)nc(Nc3ccc(NC(=O)c4c(C)nn(C)c4C)cc3)n2)cc1. The number of amides is 1. The van der Waals surface area contributed by atoms with Crippen molar-refractivity contribution >= 4 is 34.7 Å². The monoisotopic (exact) mass is 441 g/mol. The number of rotatable bonds is 6. The molecule has 3 N–H and O–H groups in total. The Morgan fingerprint density at radius 1 is 0.818 bits per heavy atom. The number of nitrogens with zero attached hydrogens (tertiary/aromatic N) is 4. The van der Waals surface area contributed by atoms with E-state index in [4.69, 9.17) is 0 Å². The lowest BCUT2D eigenvalue weighted by Crippen LogP contribution is -2.14. The van der Waals surface area contributed by atoms with Gasteiger partial charge in [0.15, 0.2) is 0 Å². The van der Waals surface area contributed by atoms with Crippen LogP contribution >= 0.6 is 0 Å². The average molecular weight is 442 g/mol. The molecule has 4 rings (SSSR count). The molecule has 0 aliphatic heterocycles. The van der Waals surface area contributed by atoms with Gasteiger partial charge in [0, 0.05) is 41.6 Å². The minimum atomic E-state index is -0.173. The van der Waals surface area contributed by atoms with Crippen LogP contribution in [-0.2, 0) is 7.05 Å². The second-order valence-corrected chi connectivity index (χ2v) is 8.04. The van der Waals surface area contributed by atoms with E-state index in [1.807, 2.05) is 82.4 Å². The van der Waals surface area contributed by atoms with Crippen molar-refractivity contribution in [1.29, 1.82) is 0 Å². The second-order valence-electron chi connectivity index (χ2n) is 8.04. The van der Waals surface area contributed by atoms with Gasteiger partial charge in [0.05, 0.1) is 11.3 Å². The van der Waals surface area contributed by atoms with Crippen molar-refractivity contribution in [1.82, 2.24) is 19.7 Å². The summed E-state index contributed by atoms with van der Waals surface area (Å²) in [5, 5.41) is 13.8. The highest BCUT2D eigenvalue weighted by molar-refractivity contribution is 6.05. The molecule has 0 bridgehead atoms. The summed E-state index contributed by atoms with van der Waals surface area (Å²) in [7, 11) is 1.83. The fraction of sp³-hybridized carbons (Fsp3) is 0.200. The van der Waals surface area contributed by atoms with Crippen LogP contribution in [0.2, 0.25) is 0 Å². The smallest absolute Gasteiger partial charge is 0.259 e. The normalized spacial score (nSPS) is 10.7. The summed E-state index contributed by atoms with van der Waals surface area (Å²) in [6, 6.07) is 17.4. The molecule has 4 aromatic rings. The number of carbonyl (C=O) groups excluding carboxylic acids is 1. The minimum Gasteiger partial charge on any atom is -0.340 e. The molecular weight excluding hydrogens is 414 g/mol. The van der Waals surface area contributed by atoms with Crippen LogP contribution in [0.15, 0.2) is 54.6 Å². The molecule has 0 atom stereocenters. The highest BCUT2D eigenvalue weighted by Crippen LogP contribution is 2.22. The summed E-state index contributed by atoms with van der Waals surface area (Å²) in [6.45, 7) is 7.69. The van der Waals surface area contributed by atoms with Crippen molar-refractivity contribution in [3.63, 3.8) is 0 Å². The molecule has 8 nitrogen and oxygen atoms in total. The first-order valence-electron chi connectivity index (χ1n) is 10.7. The Kier molecular flexibility index (Phi) is 6.08. The maximum atomic E-state index is 12.7. The number of anilines is 5. The van der Waals surface area contributed by atoms with Gasteiger partial charge in [-0.15, -0.1) is 0 Å². The Bertz CT molecular complexity index is 1290. The third-order valence-electron chi connectivity index (χ3n) is 5.31. The van der Waals surface area contributed by atoms with Crippen molar-refractivity contribution < 1.29 is 4.79 Å². The Morgan fingerprint density at radius 3 is 2.06 bits per heavy atom. The van der Waals surface area contributed by atoms with Crippen molar-refractivity contribution in [2.45, 2.75) is 27.7 Å². The van der Waals surface area contributed by atoms with Gasteiger partial charge in [-0.05, 0) is 64.1 Å². The predicted octanol–water partition coefficient (Wildman–Crippen LogP) is 5.18. The van der Waals surface area contributed by atoms with Gasteiger partial charge >= 0.3 is 0 Å². The summed E-state index contributed by atoms with van der Waals surface area (Å²) in [5.74, 6) is 1.02.